The molecule has 0 saturated heterocycles. The molecule has 10 heteroatoms. The molecule has 0 saturated carbocycles. The van der Waals surface area contributed by atoms with Crippen LogP contribution in [0.25, 0.3) is 32.7 Å². The van der Waals surface area contributed by atoms with Gasteiger partial charge in [0.25, 0.3) is 11.4 Å². The standard InChI is InChI=1S/C40H34N4O6/c1-23(2)33-19-29(43(47)48)17-27(39(33)45)21-41-35-15-13-25-9-5-7-11-31(25)37(35)38-32-12-8-6-10-26(32)14-16-36(38)42-22-28-18-30(44(49)50)20-34(24(3)4)40(28)46/h5-24,45-46H,1-4H3. The number of nitro benzene ring substituents is 2. The third-order valence-electron chi connectivity index (χ3n) is 8.72. The van der Waals surface area contributed by atoms with E-state index in [9.17, 15) is 30.4 Å². The molecule has 0 bridgehead atoms. The zero-order valence-corrected chi connectivity index (χ0v) is 27.9. The molecule has 0 amide bonds. The Morgan fingerprint density at radius 3 is 1.32 bits per heavy atom. The maximum absolute atomic E-state index is 11.8. The summed E-state index contributed by atoms with van der Waals surface area (Å²) in [7, 11) is 0. The summed E-state index contributed by atoms with van der Waals surface area (Å²) < 4.78 is 0. The molecular formula is C40H34N4O6. The summed E-state index contributed by atoms with van der Waals surface area (Å²) in [6.45, 7) is 7.39. The second-order valence-electron chi connectivity index (χ2n) is 12.6. The van der Waals surface area contributed by atoms with Gasteiger partial charge in [0.2, 0.25) is 0 Å². The van der Waals surface area contributed by atoms with Crippen molar-refractivity contribution >= 4 is 56.7 Å². The first-order chi connectivity index (χ1) is 23.9. The van der Waals surface area contributed by atoms with Crippen LogP contribution in [0.1, 0.15) is 61.8 Å². The van der Waals surface area contributed by atoms with Gasteiger partial charge in [-0.3, -0.25) is 30.2 Å². The molecular weight excluding hydrogens is 632 g/mol. The van der Waals surface area contributed by atoms with Crippen LogP contribution >= 0.6 is 0 Å². The maximum Gasteiger partial charge on any atom is 0.270 e. The number of nitrogens with zero attached hydrogens (tertiary/aromatic N) is 4. The molecule has 50 heavy (non-hydrogen) atoms. The minimum absolute atomic E-state index is 0.0790. The van der Waals surface area contributed by atoms with Crippen LogP contribution in [0.4, 0.5) is 22.7 Å². The van der Waals surface area contributed by atoms with E-state index in [2.05, 4.69) is 0 Å². The zero-order chi connectivity index (χ0) is 35.7. The number of non-ortho nitro benzene ring substituents is 2. The highest BCUT2D eigenvalue weighted by Gasteiger charge is 2.21. The number of aromatic hydroxyl groups is 2. The van der Waals surface area contributed by atoms with E-state index in [-0.39, 0.29) is 45.8 Å². The maximum atomic E-state index is 11.8. The number of hydrogen-bond acceptors (Lipinski definition) is 8. The molecule has 0 radical (unpaired) electrons. The lowest BCUT2D eigenvalue weighted by molar-refractivity contribution is -0.385. The van der Waals surface area contributed by atoms with Gasteiger partial charge in [0.15, 0.2) is 0 Å². The first kappa shape index (κ1) is 33.5. The fourth-order valence-electron chi connectivity index (χ4n) is 6.15. The SMILES string of the molecule is CC(C)c1cc([N+](=O)[O-])cc(C=Nc2ccc3ccccc3c2-c2c(N=Cc3cc([N+](=O)[O-])cc(C(C)C)c3O)ccc3ccccc23)c1O. The van der Waals surface area contributed by atoms with Gasteiger partial charge in [-0.05, 0) is 45.5 Å². The largest absolute Gasteiger partial charge is 0.507 e. The van der Waals surface area contributed by atoms with Crippen LogP contribution in [-0.4, -0.2) is 32.5 Å². The Labute approximate surface area is 288 Å². The van der Waals surface area contributed by atoms with E-state index < -0.39 is 9.85 Å². The fraction of sp³-hybridized carbons (Fsp3) is 0.150. The van der Waals surface area contributed by atoms with Crippen molar-refractivity contribution in [3.63, 3.8) is 0 Å². The topological polar surface area (TPSA) is 151 Å². The van der Waals surface area contributed by atoms with E-state index in [0.29, 0.717) is 22.5 Å². The second kappa shape index (κ2) is 13.6. The molecule has 2 N–H and O–H groups in total. The minimum atomic E-state index is -0.492. The van der Waals surface area contributed by atoms with Gasteiger partial charge in [-0.15, -0.1) is 0 Å². The van der Waals surface area contributed by atoms with E-state index in [0.717, 1.165) is 32.7 Å². The fourth-order valence-corrected chi connectivity index (χ4v) is 6.15. The molecule has 0 aromatic heterocycles. The zero-order valence-electron chi connectivity index (χ0n) is 27.9. The normalized spacial score (nSPS) is 11.9. The van der Waals surface area contributed by atoms with Crippen LogP contribution in [-0.2, 0) is 0 Å². The summed E-state index contributed by atoms with van der Waals surface area (Å²) in [6, 6.07) is 28.5. The Morgan fingerprint density at radius 2 is 0.960 bits per heavy atom. The Balaban J connectivity index is 1.61. The lowest BCUT2D eigenvalue weighted by atomic mass is 9.91. The number of phenols is 2. The van der Waals surface area contributed by atoms with Gasteiger partial charge < -0.3 is 10.2 Å². The van der Waals surface area contributed by atoms with E-state index >= 15 is 0 Å². The monoisotopic (exact) mass is 666 g/mol. The van der Waals surface area contributed by atoms with Crippen molar-refractivity contribution in [2.24, 2.45) is 9.98 Å². The van der Waals surface area contributed by atoms with Crippen molar-refractivity contribution in [2.75, 3.05) is 0 Å². The van der Waals surface area contributed by atoms with Gasteiger partial charge >= 0.3 is 0 Å². The van der Waals surface area contributed by atoms with Crippen molar-refractivity contribution in [2.45, 2.75) is 39.5 Å². The average molecular weight is 667 g/mol. The van der Waals surface area contributed by atoms with Gasteiger partial charge in [0.1, 0.15) is 11.5 Å². The number of aliphatic imine (C=N–C) groups is 2. The van der Waals surface area contributed by atoms with Gasteiger partial charge in [-0.25, -0.2) is 0 Å². The molecule has 0 aliphatic heterocycles. The van der Waals surface area contributed by atoms with Crippen LogP contribution < -0.4 is 0 Å². The third kappa shape index (κ3) is 6.38. The molecule has 0 aliphatic rings. The highest BCUT2D eigenvalue weighted by atomic mass is 16.6. The lowest BCUT2D eigenvalue weighted by Gasteiger charge is -2.16. The summed E-state index contributed by atoms with van der Waals surface area (Å²) in [6.07, 6.45) is 2.87. The number of benzene rings is 6. The molecule has 0 spiro atoms. The van der Waals surface area contributed by atoms with Crippen molar-refractivity contribution in [3.8, 4) is 22.6 Å². The lowest BCUT2D eigenvalue weighted by Crippen LogP contribution is -1.97. The first-order valence-electron chi connectivity index (χ1n) is 16.1. The highest BCUT2D eigenvalue weighted by Crippen LogP contribution is 2.46. The third-order valence-corrected chi connectivity index (χ3v) is 8.72. The molecule has 0 unspecified atom stereocenters. The van der Waals surface area contributed by atoms with Crippen molar-refractivity contribution in [1.82, 2.24) is 0 Å². The minimum Gasteiger partial charge on any atom is -0.507 e. The first-order valence-corrected chi connectivity index (χ1v) is 16.1. The molecule has 6 aromatic rings. The summed E-state index contributed by atoms with van der Waals surface area (Å²) in [5.41, 5.74) is 3.49. The Morgan fingerprint density at radius 1 is 0.580 bits per heavy atom. The van der Waals surface area contributed by atoms with Gasteiger partial charge in [-0.2, -0.15) is 0 Å². The predicted molar refractivity (Wildman–Crippen MR) is 199 cm³/mol. The Kier molecular flexibility index (Phi) is 9.10. The summed E-state index contributed by atoms with van der Waals surface area (Å²) >= 11 is 0. The van der Waals surface area contributed by atoms with Gasteiger partial charge in [0.05, 0.1) is 21.2 Å². The second-order valence-corrected chi connectivity index (χ2v) is 12.6. The van der Waals surface area contributed by atoms with Crippen molar-refractivity contribution in [1.29, 1.82) is 0 Å². The van der Waals surface area contributed by atoms with Crippen LogP contribution in [0.15, 0.2) is 107 Å². The van der Waals surface area contributed by atoms with Crippen LogP contribution in [0.5, 0.6) is 11.5 Å². The molecule has 6 aromatic carbocycles. The molecule has 6 rings (SSSR count). The molecule has 0 fully saturated rings. The number of rotatable bonds is 9. The van der Waals surface area contributed by atoms with Crippen molar-refractivity contribution < 1.29 is 20.1 Å². The molecule has 0 heterocycles. The molecule has 0 atom stereocenters. The number of nitro groups is 2. The van der Waals surface area contributed by atoms with Crippen LogP contribution in [0, 0.1) is 20.2 Å². The quantitative estimate of drug-likeness (QED) is 0.0890. The predicted octanol–water partition coefficient (Wildman–Crippen LogP) is 10.6. The summed E-state index contributed by atoms with van der Waals surface area (Å²) in [4.78, 5) is 32.2. The van der Waals surface area contributed by atoms with Crippen LogP contribution in [0.3, 0.4) is 0 Å². The van der Waals surface area contributed by atoms with E-state index in [1.807, 2.05) is 100 Å². The Bertz CT molecular complexity index is 2210. The summed E-state index contributed by atoms with van der Waals surface area (Å²) in [5, 5.41) is 49.3. The summed E-state index contributed by atoms with van der Waals surface area (Å²) in [5.74, 6) is -0.498. The van der Waals surface area contributed by atoms with E-state index in [1.54, 1.807) is 0 Å². The van der Waals surface area contributed by atoms with Gasteiger partial charge in [0, 0.05) is 70.1 Å². The van der Waals surface area contributed by atoms with Crippen LogP contribution in [0.2, 0.25) is 0 Å². The smallest absolute Gasteiger partial charge is 0.270 e. The number of phenolic OH excluding ortho intramolecular Hbond substituents is 2. The average Bonchev–Trinajstić information content (AvgIpc) is 3.09. The van der Waals surface area contributed by atoms with E-state index in [1.165, 1.54) is 36.7 Å². The number of hydrogen-bond donors (Lipinski definition) is 2. The van der Waals surface area contributed by atoms with E-state index in [4.69, 9.17) is 9.98 Å². The van der Waals surface area contributed by atoms with Crippen molar-refractivity contribution in [3.05, 3.63) is 140 Å². The van der Waals surface area contributed by atoms with Gasteiger partial charge in [-0.1, -0.05) is 88.4 Å². The number of fused-ring (bicyclic) bond motifs is 2. The molecule has 0 aliphatic carbocycles. The highest BCUT2D eigenvalue weighted by molar-refractivity contribution is 6.13. The Hall–Kier alpha value is -6.42. The molecule has 250 valence electrons. The molecule has 10 nitrogen and oxygen atoms in total.